The molecule has 6 heteroatoms. The first kappa shape index (κ1) is 24.9. The number of anilines is 1. The summed E-state index contributed by atoms with van der Waals surface area (Å²) in [5.74, 6) is 1.85. The van der Waals surface area contributed by atoms with Crippen LogP contribution in [0.25, 0.3) is 11.3 Å². The van der Waals surface area contributed by atoms with Crippen LogP contribution in [0.2, 0.25) is 0 Å². The number of carbonyl (C=O) groups excluding carboxylic acids is 1. The van der Waals surface area contributed by atoms with Crippen molar-refractivity contribution < 1.29 is 14.3 Å². The molecule has 1 fully saturated rings. The van der Waals surface area contributed by atoms with E-state index in [9.17, 15) is 4.79 Å². The minimum absolute atomic E-state index is 0.0458. The lowest BCUT2D eigenvalue weighted by molar-refractivity contribution is 0.0240. The third kappa shape index (κ3) is 6.62. The van der Waals surface area contributed by atoms with Crippen LogP contribution in [-0.4, -0.2) is 53.9 Å². The van der Waals surface area contributed by atoms with Gasteiger partial charge in [-0.1, -0.05) is 26.8 Å². The number of nitrogens with zero attached hydrogens (tertiary/aromatic N) is 3. The Morgan fingerprint density at radius 3 is 2.21 bits per heavy atom. The zero-order valence-electron chi connectivity index (χ0n) is 21.4. The van der Waals surface area contributed by atoms with Crippen LogP contribution in [0, 0.1) is 0 Å². The van der Waals surface area contributed by atoms with Crippen LogP contribution in [0.3, 0.4) is 0 Å². The second-order valence-electron chi connectivity index (χ2n) is 11.0. The Morgan fingerprint density at radius 2 is 1.64 bits per heavy atom. The van der Waals surface area contributed by atoms with E-state index in [1.54, 1.807) is 4.90 Å². The summed E-state index contributed by atoms with van der Waals surface area (Å²) in [6.07, 6.45) is -0.125. The molecule has 1 aliphatic rings. The highest BCUT2D eigenvalue weighted by atomic mass is 16.6. The Morgan fingerprint density at radius 1 is 0.970 bits per heavy atom. The van der Waals surface area contributed by atoms with E-state index in [1.807, 2.05) is 52.8 Å². The third-order valence-electron chi connectivity index (χ3n) is 5.44. The fourth-order valence-corrected chi connectivity index (χ4v) is 3.84. The monoisotopic (exact) mass is 453 g/mol. The minimum Gasteiger partial charge on any atom is -0.491 e. The normalized spacial score (nSPS) is 15.1. The van der Waals surface area contributed by atoms with Crippen LogP contribution >= 0.6 is 0 Å². The summed E-state index contributed by atoms with van der Waals surface area (Å²) in [7, 11) is 0. The van der Waals surface area contributed by atoms with E-state index in [1.165, 1.54) is 5.56 Å². The Labute approximate surface area is 198 Å². The topological polar surface area (TPSA) is 54.9 Å². The molecule has 0 atom stereocenters. The average Bonchev–Trinajstić information content (AvgIpc) is 2.72. The Bertz CT molecular complexity index is 965. The number of piperazine rings is 1. The van der Waals surface area contributed by atoms with Crippen LogP contribution in [-0.2, 0) is 10.2 Å². The van der Waals surface area contributed by atoms with E-state index in [4.69, 9.17) is 14.5 Å². The lowest BCUT2D eigenvalue weighted by Crippen LogP contribution is -2.50. The molecule has 2 aromatic rings. The van der Waals surface area contributed by atoms with E-state index in [0.717, 1.165) is 35.9 Å². The fraction of sp³-hybridized carbons (Fsp3) is 0.556. The number of benzene rings is 1. The van der Waals surface area contributed by atoms with Crippen molar-refractivity contribution in [2.24, 2.45) is 0 Å². The quantitative estimate of drug-likeness (QED) is 0.578. The Kier molecular flexibility index (Phi) is 7.25. The van der Waals surface area contributed by atoms with Gasteiger partial charge in [-0.15, -0.1) is 0 Å². The van der Waals surface area contributed by atoms with Gasteiger partial charge in [-0.2, -0.15) is 0 Å². The van der Waals surface area contributed by atoms with E-state index in [-0.39, 0.29) is 17.6 Å². The molecule has 1 aliphatic heterocycles. The van der Waals surface area contributed by atoms with Crippen molar-refractivity contribution in [1.29, 1.82) is 0 Å². The molecule has 33 heavy (non-hydrogen) atoms. The molecule has 0 spiro atoms. The van der Waals surface area contributed by atoms with Gasteiger partial charge in [0.25, 0.3) is 0 Å². The predicted octanol–water partition coefficient (Wildman–Crippen LogP) is 5.89. The first-order valence-electron chi connectivity index (χ1n) is 11.8. The maximum absolute atomic E-state index is 12.4. The summed E-state index contributed by atoms with van der Waals surface area (Å²) in [6.45, 7) is 19.1. The van der Waals surface area contributed by atoms with Crippen LogP contribution in [0.1, 0.15) is 61.0 Å². The number of aromatic nitrogens is 1. The molecule has 6 nitrogen and oxygen atoms in total. The molecule has 180 valence electrons. The van der Waals surface area contributed by atoms with Gasteiger partial charge in [-0.25, -0.2) is 9.78 Å². The zero-order valence-corrected chi connectivity index (χ0v) is 21.4. The van der Waals surface area contributed by atoms with Gasteiger partial charge in [0.1, 0.15) is 17.2 Å². The second kappa shape index (κ2) is 9.62. The Balaban J connectivity index is 1.77. The predicted molar refractivity (Wildman–Crippen MR) is 134 cm³/mol. The van der Waals surface area contributed by atoms with Crippen molar-refractivity contribution >= 4 is 11.9 Å². The number of amides is 1. The van der Waals surface area contributed by atoms with Crippen LogP contribution in [0.5, 0.6) is 5.75 Å². The van der Waals surface area contributed by atoms with E-state index in [0.29, 0.717) is 13.1 Å². The summed E-state index contributed by atoms with van der Waals surface area (Å²) < 4.78 is 11.6. The fourth-order valence-electron chi connectivity index (χ4n) is 3.84. The number of hydrogen-bond donors (Lipinski definition) is 0. The maximum atomic E-state index is 12.4. The number of pyridine rings is 1. The summed E-state index contributed by atoms with van der Waals surface area (Å²) in [5.41, 5.74) is 2.66. The van der Waals surface area contributed by atoms with Crippen molar-refractivity contribution in [3.63, 3.8) is 0 Å². The smallest absolute Gasteiger partial charge is 0.410 e. The van der Waals surface area contributed by atoms with Crippen molar-refractivity contribution in [3.8, 4) is 17.0 Å². The van der Waals surface area contributed by atoms with Gasteiger partial charge in [0.05, 0.1) is 11.8 Å². The molecule has 0 saturated carbocycles. The van der Waals surface area contributed by atoms with E-state index < -0.39 is 5.60 Å². The van der Waals surface area contributed by atoms with Crippen molar-refractivity contribution in [2.45, 2.75) is 72.5 Å². The van der Waals surface area contributed by atoms with Gasteiger partial charge in [0.2, 0.25) is 0 Å². The van der Waals surface area contributed by atoms with Crippen LogP contribution in [0.15, 0.2) is 36.4 Å². The molecule has 0 bridgehead atoms. The molecule has 1 saturated heterocycles. The highest BCUT2D eigenvalue weighted by Gasteiger charge is 2.26. The van der Waals surface area contributed by atoms with Gasteiger partial charge in [0, 0.05) is 37.3 Å². The molecule has 0 unspecified atom stereocenters. The molecule has 0 radical (unpaired) electrons. The molecule has 0 N–H and O–H groups in total. The molecule has 2 heterocycles. The largest absolute Gasteiger partial charge is 0.491 e. The van der Waals surface area contributed by atoms with Gasteiger partial charge >= 0.3 is 6.09 Å². The summed E-state index contributed by atoms with van der Waals surface area (Å²) in [6, 6.07) is 12.5. The zero-order chi connectivity index (χ0) is 24.4. The molecule has 1 aromatic heterocycles. The Hall–Kier alpha value is -2.76. The van der Waals surface area contributed by atoms with Crippen LogP contribution in [0.4, 0.5) is 10.6 Å². The van der Waals surface area contributed by atoms with Gasteiger partial charge in [-0.3, -0.25) is 0 Å². The highest BCUT2D eigenvalue weighted by molar-refractivity contribution is 5.69. The second-order valence-corrected chi connectivity index (χ2v) is 11.0. The third-order valence-corrected chi connectivity index (χ3v) is 5.44. The first-order valence-corrected chi connectivity index (χ1v) is 11.8. The molecular formula is C27H39N3O3. The van der Waals surface area contributed by atoms with E-state index in [2.05, 4.69) is 43.9 Å². The molecule has 3 rings (SSSR count). The highest BCUT2D eigenvalue weighted by Crippen LogP contribution is 2.35. The van der Waals surface area contributed by atoms with Gasteiger partial charge < -0.3 is 19.3 Å². The number of rotatable bonds is 4. The molecule has 1 aromatic carbocycles. The lowest BCUT2D eigenvalue weighted by Gasteiger charge is -2.36. The van der Waals surface area contributed by atoms with Crippen LogP contribution < -0.4 is 9.64 Å². The number of ether oxygens (including phenoxy) is 2. The SMILES string of the molecule is CC(C)Oc1ccc(-c2cccc(N3CCN(C(=O)OC(C)(C)C)CC3)n2)cc1C(C)(C)C. The van der Waals surface area contributed by atoms with Crippen molar-refractivity contribution in [1.82, 2.24) is 9.88 Å². The average molecular weight is 454 g/mol. The molecule has 1 amide bonds. The molecule has 0 aliphatic carbocycles. The summed E-state index contributed by atoms with van der Waals surface area (Å²) >= 11 is 0. The number of hydrogen-bond acceptors (Lipinski definition) is 5. The lowest BCUT2D eigenvalue weighted by atomic mass is 9.85. The standard InChI is InChI=1S/C27H39N3O3/c1-19(2)32-23-13-12-20(18-21(23)26(3,4)5)22-10-9-11-24(28-22)29-14-16-30(17-15-29)25(31)33-27(6,7)8/h9-13,18-19H,14-17H2,1-8H3. The summed E-state index contributed by atoms with van der Waals surface area (Å²) in [5, 5.41) is 0. The first-order chi connectivity index (χ1) is 15.3. The van der Waals surface area contributed by atoms with Gasteiger partial charge in [0.15, 0.2) is 0 Å². The maximum Gasteiger partial charge on any atom is 0.410 e. The van der Waals surface area contributed by atoms with Crippen molar-refractivity contribution in [2.75, 3.05) is 31.1 Å². The summed E-state index contributed by atoms with van der Waals surface area (Å²) in [4.78, 5) is 21.3. The van der Waals surface area contributed by atoms with Crippen molar-refractivity contribution in [3.05, 3.63) is 42.0 Å². The van der Waals surface area contributed by atoms with E-state index >= 15 is 0 Å². The molecular weight excluding hydrogens is 414 g/mol. The minimum atomic E-state index is -0.480. The van der Waals surface area contributed by atoms with Gasteiger partial charge in [-0.05, 0) is 70.4 Å². The number of carbonyl (C=O) groups is 1.